The van der Waals surface area contributed by atoms with Crippen molar-refractivity contribution in [3.05, 3.63) is 54.1 Å². The number of benzene rings is 1. The number of carbonyl (C=O) groups is 1. The van der Waals surface area contributed by atoms with Crippen LogP contribution in [0.25, 0.3) is 0 Å². The van der Waals surface area contributed by atoms with Crippen LogP contribution in [0.1, 0.15) is 22.7 Å². The number of hydrogen-bond donors (Lipinski definition) is 0. The average Bonchev–Trinajstić information content (AvgIpc) is 3.08. The Morgan fingerprint density at radius 3 is 2.65 bits per heavy atom. The molecule has 0 aliphatic carbocycles. The van der Waals surface area contributed by atoms with Crippen LogP contribution in [0.15, 0.2) is 41.9 Å². The molecule has 1 aliphatic rings. The van der Waals surface area contributed by atoms with Crippen LogP contribution in [0.5, 0.6) is 0 Å². The van der Waals surface area contributed by atoms with E-state index in [-0.39, 0.29) is 11.8 Å². The first-order valence-electron chi connectivity index (χ1n) is 6.15. The Morgan fingerprint density at radius 2 is 2.00 bits per heavy atom. The molecule has 2 atom stereocenters. The Labute approximate surface area is 113 Å². The highest BCUT2D eigenvalue weighted by atomic mass is 19.1. The summed E-state index contributed by atoms with van der Waals surface area (Å²) >= 11 is 0. The van der Waals surface area contributed by atoms with Crippen molar-refractivity contribution >= 4 is 12.1 Å². The van der Waals surface area contributed by atoms with Crippen LogP contribution in [0.3, 0.4) is 0 Å². The SMILES string of the molecule is O=C(C1N=CCC1c1cc(F)cc(F)c1)n1ccnc1. The lowest BCUT2D eigenvalue weighted by Gasteiger charge is -2.17. The van der Waals surface area contributed by atoms with E-state index in [1.807, 2.05) is 0 Å². The predicted octanol–water partition coefficient (Wildman–Crippen LogP) is 2.43. The van der Waals surface area contributed by atoms with Crippen molar-refractivity contribution < 1.29 is 13.6 Å². The summed E-state index contributed by atoms with van der Waals surface area (Å²) in [6, 6.07) is 2.63. The van der Waals surface area contributed by atoms with Crippen LogP contribution >= 0.6 is 0 Å². The van der Waals surface area contributed by atoms with Gasteiger partial charge in [-0.05, 0) is 24.1 Å². The van der Waals surface area contributed by atoms with Gasteiger partial charge in [0.2, 0.25) is 0 Å². The molecule has 6 heteroatoms. The zero-order chi connectivity index (χ0) is 14.1. The zero-order valence-electron chi connectivity index (χ0n) is 10.4. The van der Waals surface area contributed by atoms with E-state index >= 15 is 0 Å². The van der Waals surface area contributed by atoms with E-state index in [1.54, 1.807) is 6.21 Å². The zero-order valence-corrected chi connectivity index (χ0v) is 10.4. The van der Waals surface area contributed by atoms with Crippen molar-refractivity contribution in [2.45, 2.75) is 18.4 Å². The minimum atomic E-state index is -0.676. The molecular weight excluding hydrogens is 264 g/mol. The third-order valence-corrected chi connectivity index (χ3v) is 3.33. The first-order chi connectivity index (χ1) is 9.65. The van der Waals surface area contributed by atoms with E-state index in [1.165, 1.54) is 35.4 Å². The van der Waals surface area contributed by atoms with Gasteiger partial charge < -0.3 is 0 Å². The quantitative estimate of drug-likeness (QED) is 0.845. The summed E-state index contributed by atoms with van der Waals surface area (Å²) in [5, 5.41) is 0. The number of nitrogens with zero attached hydrogens (tertiary/aromatic N) is 3. The van der Waals surface area contributed by atoms with Gasteiger partial charge in [-0.3, -0.25) is 14.4 Å². The lowest BCUT2D eigenvalue weighted by Crippen LogP contribution is -2.28. The van der Waals surface area contributed by atoms with Gasteiger partial charge in [-0.2, -0.15) is 0 Å². The standard InChI is InChI=1S/C14H11F2N3O/c15-10-5-9(6-11(16)7-10)12-1-2-18-13(12)14(20)19-4-3-17-8-19/h2-8,12-13H,1H2. The molecule has 20 heavy (non-hydrogen) atoms. The van der Waals surface area contributed by atoms with Crippen LogP contribution in [0.4, 0.5) is 8.78 Å². The largest absolute Gasteiger partial charge is 0.284 e. The molecule has 1 aliphatic heterocycles. The average molecular weight is 275 g/mol. The van der Waals surface area contributed by atoms with Gasteiger partial charge in [-0.15, -0.1) is 0 Å². The normalized spacial score (nSPS) is 21.3. The third kappa shape index (κ3) is 2.24. The molecule has 0 bridgehead atoms. The maximum absolute atomic E-state index is 13.3. The second-order valence-electron chi connectivity index (χ2n) is 4.63. The van der Waals surface area contributed by atoms with Gasteiger partial charge in [0.05, 0.1) is 0 Å². The van der Waals surface area contributed by atoms with E-state index in [0.717, 1.165) is 6.07 Å². The van der Waals surface area contributed by atoms with Crippen molar-refractivity contribution in [1.82, 2.24) is 9.55 Å². The lowest BCUT2D eigenvalue weighted by atomic mass is 9.90. The second-order valence-corrected chi connectivity index (χ2v) is 4.63. The number of imidazole rings is 1. The number of aromatic nitrogens is 2. The number of hydrogen-bond acceptors (Lipinski definition) is 3. The summed E-state index contributed by atoms with van der Waals surface area (Å²) in [5.41, 5.74) is 0.443. The van der Waals surface area contributed by atoms with Gasteiger partial charge in [0, 0.05) is 30.6 Å². The molecule has 2 unspecified atom stereocenters. The summed E-state index contributed by atoms with van der Waals surface area (Å²) in [6.45, 7) is 0. The molecule has 1 aromatic carbocycles. The summed E-state index contributed by atoms with van der Waals surface area (Å²) in [7, 11) is 0. The number of carbonyl (C=O) groups excluding carboxylic acids is 1. The fraction of sp³-hybridized carbons (Fsp3) is 0.214. The lowest BCUT2D eigenvalue weighted by molar-refractivity contribution is 0.0872. The molecule has 3 rings (SSSR count). The Bertz CT molecular complexity index is 647. The molecule has 0 amide bonds. The summed E-state index contributed by atoms with van der Waals surface area (Å²) in [5.74, 6) is -1.91. The summed E-state index contributed by atoms with van der Waals surface area (Å²) in [4.78, 5) is 20.2. The predicted molar refractivity (Wildman–Crippen MR) is 68.8 cm³/mol. The van der Waals surface area contributed by atoms with E-state index < -0.39 is 17.7 Å². The first kappa shape index (κ1) is 12.7. The van der Waals surface area contributed by atoms with Crippen molar-refractivity contribution in [1.29, 1.82) is 0 Å². The molecule has 0 saturated heterocycles. The molecule has 0 saturated carbocycles. The van der Waals surface area contributed by atoms with Gasteiger partial charge in [-0.1, -0.05) is 0 Å². The van der Waals surface area contributed by atoms with Crippen molar-refractivity contribution in [3.63, 3.8) is 0 Å². The highest BCUT2D eigenvalue weighted by molar-refractivity contribution is 5.88. The van der Waals surface area contributed by atoms with E-state index in [0.29, 0.717) is 12.0 Å². The van der Waals surface area contributed by atoms with Gasteiger partial charge in [0.1, 0.15) is 24.0 Å². The number of rotatable bonds is 2. The Balaban J connectivity index is 1.92. The molecule has 1 aromatic heterocycles. The van der Waals surface area contributed by atoms with E-state index in [2.05, 4.69) is 9.98 Å². The molecule has 2 aromatic rings. The molecule has 0 N–H and O–H groups in total. The molecule has 0 radical (unpaired) electrons. The number of halogens is 2. The number of aliphatic imine (C=N–C) groups is 1. The Morgan fingerprint density at radius 1 is 1.25 bits per heavy atom. The topological polar surface area (TPSA) is 47.2 Å². The van der Waals surface area contributed by atoms with E-state index in [9.17, 15) is 13.6 Å². The molecule has 102 valence electrons. The van der Waals surface area contributed by atoms with Gasteiger partial charge in [0.15, 0.2) is 0 Å². The molecular formula is C14H11F2N3O. The maximum Gasteiger partial charge on any atom is 0.257 e. The second kappa shape index (κ2) is 4.96. The van der Waals surface area contributed by atoms with Crippen LogP contribution in [0.2, 0.25) is 0 Å². The van der Waals surface area contributed by atoms with Crippen molar-refractivity contribution in [2.75, 3.05) is 0 Å². The van der Waals surface area contributed by atoms with Crippen LogP contribution < -0.4 is 0 Å². The minimum Gasteiger partial charge on any atom is -0.284 e. The van der Waals surface area contributed by atoms with Crippen molar-refractivity contribution in [3.8, 4) is 0 Å². The van der Waals surface area contributed by atoms with Gasteiger partial charge in [0.25, 0.3) is 5.91 Å². The molecule has 0 fully saturated rings. The fourth-order valence-electron chi connectivity index (χ4n) is 2.41. The Hall–Kier alpha value is -2.37. The minimum absolute atomic E-state index is 0.258. The maximum atomic E-state index is 13.3. The third-order valence-electron chi connectivity index (χ3n) is 3.33. The highest BCUT2D eigenvalue weighted by Crippen LogP contribution is 2.31. The molecule has 4 nitrogen and oxygen atoms in total. The van der Waals surface area contributed by atoms with Crippen LogP contribution in [-0.4, -0.2) is 27.7 Å². The van der Waals surface area contributed by atoms with Crippen LogP contribution in [-0.2, 0) is 0 Å². The highest BCUT2D eigenvalue weighted by Gasteiger charge is 2.33. The Kier molecular flexibility index (Phi) is 3.14. The van der Waals surface area contributed by atoms with E-state index in [4.69, 9.17) is 0 Å². The molecule has 2 heterocycles. The molecule has 0 spiro atoms. The summed E-state index contributed by atoms with van der Waals surface area (Å²) < 4.78 is 27.9. The van der Waals surface area contributed by atoms with Crippen LogP contribution in [0, 0.1) is 11.6 Å². The van der Waals surface area contributed by atoms with Crippen molar-refractivity contribution in [2.24, 2.45) is 4.99 Å². The monoisotopic (exact) mass is 275 g/mol. The smallest absolute Gasteiger partial charge is 0.257 e. The van der Waals surface area contributed by atoms with Gasteiger partial charge in [-0.25, -0.2) is 13.8 Å². The fourth-order valence-corrected chi connectivity index (χ4v) is 2.41. The first-order valence-corrected chi connectivity index (χ1v) is 6.15. The summed E-state index contributed by atoms with van der Waals surface area (Å²) in [6.07, 6.45) is 6.51. The van der Waals surface area contributed by atoms with Gasteiger partial charge >= 0.3 is 0 Å².